The maximum atomic E-state index is 12.5. The zero-order valence-corrected chi connectivity index (χ0v) is 15.3. The van der Waals surface area contributed by atoms with Crippen LogP contribution in [0.2, 0.25) is 5.02 Å². The Bertz CT molecular complexity index is 876. The smallest absolute Gasteiger partial charge is 0.251 e. The second kappa shape index (κ2) is 8.65. The third-order valence-electron chi connectivity index (χ3n) is 4.12. The molecule has 0 spiro atoms. The third-order valence-corrected chi connectivity index (χ3v) is 4.37. The largest absolute Gasteiger partial charge is 0.380 e. The SMILES string of the molecule is COCc1cc(C(=O)NCc2ccccc2)ccc1-c1ccc(Cl)cc1. The van der Waals surface area contributed by atoms with E-state index in [1.165, 1.54) is 0 Å². The summed E-state index contributed by atoms with van der Waals surface area (Å²) in [5.41, 5.74) is 4.71. The van der Waals surface area contributed by atoms with Crippen LogP contribution in [-0.2, 0) is 17.9 Å². The van der Waals surface area contributed by atoms with E-state index in [2.05, 4.69) is 5.32 Å². The summed E-state index contributed by atoms with van der Waals surface area (Å²) in [7, 11) is 1.65. The summed E-state index contributed by atoms with van der Waals surface area (Å²) in [6.07, 6.45) is 0. The highest BCUT2D eigenvalue weighted by Gasteiger charge is 2.11. The van der Waals surface area contributed by atoms with Gasteiger partial charge in [-0.2, -0.15) is 0 Å². The van der Waals surface area contributed by atoms with Crippen LogP contribution in [0.3, 0.4) is 0 Å². The lowest BCUT2D eigenvalue weighted by molar-refractivity contribution is 0.0950. The summed E-state index contributed by atoms with van der Waals surface area (Å²) in [6.45, 7) is 0.927. The molecule has 1 N–H and O–H groups in total. The lowest BCUT2D eigenvalue weighted by Crippen LogP contribution is -2.23. The lowest BCUT2D eigenvalue weighted by Gasteiger charge is -2.12. The molecule has 0 fully saturated rings. The molecule has 0 aromatic heterocycles. The highest BCUT2D eigenvalue weighted by atomic mass is 35.5. The summed E-state index contributed by atoms with van der Waals surface area (Å²) in [5.74, 6) is -0.103. The Balaban J connectivity index is 1.81. The molecule has 0 saturated heterocycles. The Morgan fingerprint density at radius 2 is 1.73 bits per heavy atom. The van der Waals surface area contributed by atoms with Crippen LogP contribution in [0.25, 0.3) is 11.1 Å². The molecule has 3 aromatic rings. The molecule has 0 saturated carbocycles. The van der Waals surface area contributed by atoms with E-state index in [9.17, 15) is 4.79 Å². The van der Waals surface area contributed by atoms with Crippen molar-refractivity contribution >= 4 is 17.5 Å². The molecule has 4 heteroatoms. The van der Waals surface area contributed by atoms with Crippen LogP contribution >= 0.6 is 11.6 Å². The van der Waals surface area contributed by atoms with Gasteiger partial charge in [-0.15, -0.1) is 0 Å². The molecule has 3 nitrogen and oxygen atoms in total. The molecule has 0 heterocycles. The Labute approximate surface area is 158 Å². The van der Waals surface area contributed by atoms with Gasteiger partial charge < -0.3 is 10.1 Å². The average molecular weight is 366 g/mol. The second-order valence-electron chi connectivity index (χ2n) is 5.98. The molecular formula is C22H20ClNO2. The fraction of sp³-hybridized carbons (Fsp3) is 0.136. The fourth-order valence-electron chi connectivity index (χ4n) is 2.80. The van der Waals surface area contributed by atoms with Crippen molar-refractivity contribution in [3.63, 3.8) is 0 Å². The van der Waals surface area contributed by atoms with Crippen molar-refractivity contribution in [2.24, 2.45) is 0 Å². The number of halogens is 1. The van der Waals surface area contributed by atoms with E-state index < -0.39 is 0 Å². The van der Waals surface area contributed by atoms with Crippen molar-refractivity contribution in [1.29, 1.82) is 0 Å². The molecule has 0 aliphatic rings. The third kappa shape index (κ3) is 4.51. The predicted octanol–water partition coefficient (Wildman–Crippen LogP) is 5.08. The summed E-state index contributed by atoms with van der Waals surface area (Å²) in [6, 6.07) is 23.2. The van der Waals surface area contributed by atoms with Crippen molar-refractivity contribution in [3.8, 4) is 11.1 Å². The zero-order chi connectivity index (χ0) is 18.4. The normalized spacial score (nSPS) is 10.5. The maximum Gasteiger partial charge on any atom is 0.251 e. The number of hydrogen-bond donors (Lipinski definition) is 1. The Kier molecular flexibility index (Phi) is 6.05. The first-order valence-corrected chi connectivity index (χ1v) is 8.75. The van der Waals surface area contributed by atoms with E-state index in [1.807, 2.05) is 72.8 Å². The van der Waals surface area contributed by atoms with Crippen LogP contribution in [0.15, 0.2) is 72.8 Å². The van der Waals surface area contributed by atoms with E-state index in [0.717, 1.165) is 22.3 Å². The van der Waals surface area contributed by atoms with Crippen molar-refractivity contribution in [3.05, 3.63) is 94.5 Å². The Hall–Kier alpha value is -2.62. The van der Waals surface area contributed by atoms with Gasteiger partial charge in [-0.05, 0) is 46.5 Å². The molecule has 0 aliphatic heterocycles. The summed E-state index contributed by atoms with van der Waals surface area (Å²) >= 11 is 5.97. The molecule has 3 rings (SSSR count). The molecule has 0 atom stereocenters. The van der Waals surface area contributed by atoms with Crippen LogP contribution in [0.4, 0.5) is 0 Å². The minimum absolute atomic E-state index is 0.103. The Morgan fingerprint density at radius 1 is 1.00 bits per heavy atom. The molecule has 26 heavy (non-hydrogen) atoms. The maximum absolute atomic E-state index is 12.5. The van der Waals surface area contributed by atoms with Gasteiger partial charge in [0.05, 0.1) is 6.61 Å². The van der Waals surface area contributed by atoms with Gasteiger partial charge in [0.1, 0.15) is 0 Å². The average Bonchev–Trinajstić information content (AvgIpc) is 2.68. The van der Waals surface area contributed by atoms with Crippen LogP contribution in [0, 0.1) is 0 Å². The quantitative estimate of drug-likeness (QED) is 0.661. The first-order valence-electron chi connectivity index (χ1n) is 8.37. The van der Waals surface area contributed by atoms with Gasteiger partial charge in [0, 0.05) is 24.2 Å². The number of carbonyl (C=O) groups is 1. The van der Waals surface area contributed by atoms with Crippen molar-refractivity contribution in [1.82, 2.24) is 5.32 Å². The first kappa shape index (κ1) is 18.2. The number of carbonyl (C=O) groups excluding carboxylic acids is 1. The second-order valence-corrected chi connectivity index (χ2v) is 6.42. The van der Waals surface area contributed by atoms with Crippen molar-refractivity contribution in [2.75, 3.05) is 7.11 Å². The number of methoxy groups -OCH3 is 1. The fourth-order valence-corrected chi connectivity index (χ4v) is 2.93. The standard InChI is InChI=1S/C22H20ClNO2/c1-26-15-19-13-18(22(25)24-14-16-5-3-2-4-6-16)9-12-21(19)17-7-10-20(23)11-8-17/h2-13H,14-15H2,1H3,(H,24,25). The van der Waals surface area contributed by atoms with E-state index in [1.54, 1.807) is 7.11 Å². The predicted molar refractivity (Wildman–Crippen MR) is 105 cm³/mol. The molecule has 0 radical (unpaired) electrons. The zero-order valence-electron chi connectivity index (χ0n) is 14.5. The number of rotatable bonds is 6. The van der Waals surface area contributed by atoms with Gasteiger partial charge in [0.25, 0.3) is 5.91 Å². The summed E-state index contributed by atoms with van der Waals surface area (Å²) in [4.78, 5) is 12.5. The van der Waals surface area contributed by atoms with Gasteiger partial charge >= 0.3 is 0 Å². The minimum atomic E-state index is -0.103. The van der Waals surface area contributed by atoms with Crippen LogP contribution in [0.1, 0.15) is 21.5 Å². The molecule has 0 aliphatic carbocycles. The molecule has 3 aromatic carbocycles. The number of benzene rings is 3. The molecule has 1 amide bonds. The monoisotopic (exact) mass is 365 g/mol. The van der Waals surface area contributed by atoms with Crippen molar-refractivity contribution < 1.29 is 9.53 Å². The highest BCUT2D eigenvalue weighted by molar-refractivity contribution is 6.30. The summed E-state index contributed by atoms with van der Waals surface area (Å²) in [5, 5.41) is 3.65. The van der Waals surface area contributed by atoms with Crippen LogP contribution in [-0.4, -0.2) is 13.0 Å². The van der Waals surface area contributed by atoms with E-state index >= 15 is 0 Å². The number of ether oxygens (including phenoxy) is 1. The van der Waals surface area contributed by atoms with E-state index in [4.69, 9.17) is 16.3 Å². The number of nitrogens with one attached hydrogen (secondary N) is 1. The number of hydrogen-bond acceptors (Lipinski definition) is 2. The lowest BCUT2D eigenvalue weighted by atomic mass is 9.97. The van der Waals surface area contributed by atoms with Crippen LogP contribution < -0.4 is 5.32 Å². The molecule has 0 bridgehead atoms. The molecule has 0 unspecified atom stereocenters. The Morgan fingerprint density at radius 3 is 2.42 bits per heavy atom. The van der Waals surface area contributed by atoms with Crippen LogP contribution in [0.5, 0.6) is 0 Å². The van der Waals surface area contributed by atoms with Gasteiger partial charge in [-0.25, -0.2) is 0 Å². The minimum Gasteiger partial charge on any atom is -0.380 e. The summed E-state index contributed by atoms with van der Waals surface area (Å²) < 4.78 is 5.32. The van der Waals surface area contributed by atoms with Gasteiger partial charge in [-0.1, -0.05) is 60.1 Å². The molecular weight excluding hydrogens is 346 g/mol. The highest BCUT2D eigenvalue weighted by Crippen LogP contribution is 2.27. The molecule has 132 valence electrons. The number of amides is 1. The topological polar surface area (TPSA) is 38.3 Å². The van der Waals surface area contributed by atoms with E-state index in [0.29, 0.717) is 23.7 Å². The van der Waals surface area contributed by atoms with Crippen molar-refractivity contribution in [2.45, 2.75) is 13.2 Å². The van der Waals surface area contributed by atoms with Gasteiger partial charge in [0.15, 0.2) is 0 Å². The van der Waals surface area contributed by atoms with Gasteiger partial charge in [0.2, 0.25) is 0 Å². The van der Waals surface area contributed by atoms with Gasteiger partial charge in [-0.3, -0.25) is 4.79 Å². The van der Waals surface area contributed by atoms with E-state index in [-0.39, 0.29) is 5.91 Å². The first-order chi connectivity index (χ1) is 12.7.